The highest BCUT2D eigenvalue weighted by Gasteiger charge is 2.41. The van der Waals surface area contributed by atoms with Gasteiger partial charge >= 0.3 is 0 Å². The number of carbonyl (C=O) groups excluding carboxylic acids is 2. The van der Waals surface area contributed by atoms with E-state index in [1.54, 1.807) is 60.7 Å². The van der Waals surface area contributed by atoms with Crippen LogP contribution < -0.4 is 5.32 Å². The lowest BCUT2D eigenvalue weighted by Crippen LogP contribution is -2.49. The molecule has 2 aromatic carbocycles. The van der Waals surface area contributed by atoms with Gasteiger partial charge in [0.25, 0.3) is 11.8 Å². The number of benzene rings is 2. The predicted octanol–water partition coefficient (Wildman–Crippen LogP) is 0.717. The molecule has 28 heavy (non-hydrogen) atoms. The van der Waals surface area contributed by atoms with Crippen LogP contribution in [0.4, 0.5) is 0 Å². The molecule has 2 aromatic rings. The second kappa shape index (κ2) is 8.53. The molecule has 8 heteroatoms. The van der Waals surface area contributed by atoms with Crippen molar-refractivity contribution in [2.45, 2.75) is 12.1 Å². The maximum absolute atomic E-state index is 12.9. The number of aliphatic hydroxyl groups is 1. The minimum Gasteiger partial charge on any atom is -0.390 e. The molecule has 1 aliphatic heterocycles. The maximum atomic E-state index is 12.9. The number of sulfone groups is 1. The van der Waals surface area contributed by atoms with Crippen LogP contribution in [-0.4, -0.2) is 67.0 Å². The van der Waals surface area contributed by atoms with Gasteiger partial charge in [0, 0.05) is 24.2 Å². The van der Waals surface area contributed by atoms with Gasteiger partial charge in [-0.25, -0.2) is 8.42 Å². The van der Waals surface area contributed by atoms with Gasteiger partial charge in [-0.1, -0.05) is 36.4 Å². The first kappa shape index (κ1) is 20.0. The summed E-state index contributed by atoms with van der Waals surface area (Å²) in [6.07, 6.45) is -1.15. The maximum Gasteiger partial charge on any atom is 0.254 e. The number of hydrogen-bond acceptors (Lipinski definition) is 5. The Bertz CT molecular complexity index is 932. The highest BCUT2D eigenvalue weighted by Crippen LogP contribution is 2.20. The van der Waals surface area contributed by atoms with E-state index in [2.05, 4.69) is 5.32 Å². The molecule has 0 radical (unpaired) electrons. The van der Waals surface area contributed by atoms with E-state index in [9.17, 15) is 23.1 Å². The van der Waals surface area contributed by atoms with Crippen LogP contribution in [0.25, 0.3) is 0 Å². The van der Waals surface area contributed by atoms with Gasteiger partial charge in [-0.2, -0.15) is 0 Å². The van der Waals surface area contributed by atoms with Gasteiger partial charge in [-0.15, -0.1) is 0 Å². The Morgan fingerprint density at radius 3 is 2.07 bits per heavy atom. The van der Waals surface area contributed by atoms with Gasteiger partial charge in [0.15, 0.2) is 9.84 Å². The van der Waals surface area contributed by atoms with Crippen molar-refractivity contribution < 1.29 is 23.1 Å². The Labute approximate surface area is 163 Å². The van der Waals surface area contributed by atoms with E-state index < -0.39 is 22.0 Å². The molecule has 1 fully saturated rings. The van der Waals surface area contributed by atoms with Gasteiger partial charge in [-0.3, -0.25) is 9.59 Å². The van der Waals surface area contributed by atoms with Crippen LogP contribution in [0.3, 0.4) is 0 Å². The summed E-state index contributed by atoms with van der Waals surface area (Å²) in [5.74, 6) is -1.32. The average molecular weight is 402 g/mol. The van der Waals surface area contributed by atoms with Crippen LogP contribution in [-0.2, 0) is 9.84 Å². The van der Waals surface area contributed by atoms with E-state index in [0.29, 0.717) is 11.1 Å². The van der Waals surface area contributed by atoms with E-state index in [4.69, 9.17) is 0 Å². The van der Waals surface area contributed by atoms with E-state index in [0.717, 1.165) is 0 Å². The number of carbonyl (C=O) groups is 2. The smallest absolute Gasteiger partial charge is 0.254 e. The molecule has 148 valence electrons. The Morgan fingerprint density at radius 2 is 1.54 bits per heavy atom. The summed E-state index contributed by atoms with van der Waals surface area (Å²) >= 11 is 0. The van der Waals surface area contributed by atoms with Crippen molar-refractivity contribution in [3.05, 3.63) is 71.8 Å². The summed E-state index contributed by atoms with van der Waals surface area (Å²) in [5, 5.41) is 12.9. The molecule has 0 bridgehead atoms. The first-order valence-electron chi connectivity index (χ1n) is 8.95. The Kier molecular flexibility index (Phi) is 6.11. The third-order valence-electron chi connectivity index (χ3n) is 4.65. The van der Waals surface area contributed by atoms with Crippen molar-refractivity contribution in [3.8, 4) is 0 Å². The molecule has 1 aliphatic rings. The second-order valence-corrected chi connectivity index (χ2v) is 8.85. The minimum absolute atomic E-state index is 0.0869. The fourth-order valence-corrected chi connectivity index (χ4v) is 5.06. The number of nitrogens with one attached hydrogen (secondary N) is 1. The summed E-state index contributed by atoms with van der Waals surface area (Å²) < 4.78 is 23.8. The zero-order chi connectivity index (χ0) is 20.1. The Morgan fingerprint density at radius 1 is 0.964 bits per heavy atom. The van der Waals surface area contributed by atoms with E-state index in [1.165, 1.54) is 4.90 Å². The van der Waals surface area contributed by atoms with E-state index >= 15 is 0 Å². The van der Waals surface area contributed by atoms with Gasteiger partial charge < -0.3 is 15.3 Å². The van der Waals surface area contributed by atoms with Crippen molar-refractivity contribution >= 4 is 21.7 Å². The van der Waals surface area contributed by atoms with Crippen LogP contribution in [0.1, 0.15) is 20.7 Å². The lowest BCUT2D eigenvalue weighted by atomic mass is 10.1. The van der Waals surface area contributed by atoms with Crippen LogP contribution in [0.2, 0.25) is 0 Å². The van der Waals surface area contributed by atoms with Crippen molar-refractivity contribution in [1.82, 2.24) is 10.2 Å². The molecule has 0 aromatic heterocycles. The molecule has 1 heterocycles. The third kappa shape index (κ3) is 4.76. The first-order chi connectivity index (χ1) is 13.4. The molecular formula is C20H22N2O5S. The van der Waals surface area contributed by atoms with Gasteiger partial charge in [0.1, 0.15) is 0 Å². The van der Waals surface area contributed by atoms with Gasteiger partial charge in [-0.05, 0) is 24.3 Å². The molecule has 2 N–H and O–H groups in total. The van der Waals surface area contributed by atoms with Gasteiger partial charge in [0.2, 0.25) is 0 Å². The quantitative estimate of drug-likeness (QED) is 0.741. The van der Waals surface area contributed by atoms with Crippen molar-refractivity contribution in [3.63, 3.8) is 0 Å². The molecule has 2 amide bonds. The van der Waals surface area contributed by atoms with Gasteiger partial charge in [0.05, 0.1) is 23.7 Å². The molecule has 2 unspecified atom stereocenters. The first-order valence-corrected chi connectivity index (χ1v) is 10.8. The Balaban J connectivity index is 1.73. The summed E-state index contributed by atoms with van der Waals surface area (Å²) in [5.41, 5.74) is 0.889. The number of hydrogen-bond donors (Lipinski definition) is 2. The number of amides is 2. The highest BCUT2D eigenvalue weighted by molar-refractivity contribution is 7.91. The number of rotatable bonds is 6. The Hall–Kier alpha value is -2.71. The summed E-state index contributed by atoms with van der Waals surface area (Å²) in [7, 11) is -3.42. The second-order valence-electron chi connectivity index (χ2n) is 6.70. The summed E-state index contributed by atoms with van der Waals surface area (Å²) in [4.78, 5) is 26.5. The molecule has 0 saturated carbocycles. The highest BCUT2D eigenvalue weighted by atomic mass is 32.2. The minimum atomic E-state index is -3.42. The lowest BCUT2D eigenvalue weighted by molar-refractivity contribution is 0.0503. The fourth-order valence-electron chi connectivity index (χ4n) is 3.25. The SMILES string of the molecule is O=C(NCCN(C(=O)c1ccccc1)C1CS(=O)(=O)CC1O)c1ccccc1. The van der Waals surface area contributed by atoms with E-state index in [-0.39, 0.29) is 36.4 Å². The topological polar surface area (TPSA) is 104 Å². The fraction of sp³-hybridized carbons (Fsp3) is 0.300. The predicted molar refractivity (Wildman–Crippen MR) is 105 cm³/mol. The third-order valence-corrected chi connectivity index (χ3v) is 6.35. The van der Waals surface area contributed by atoms with Crippen LogP contribution in [0, 0.1) is 0 Å². The number of nitrogens with zero attached hydrogens (tertiary/aromatic N) is 1. The van der Waals surface area contributed by atoms with Crippen molar-refractivity contribution in [2.75, 3.05) is 24.6 Å². The van der Waals surface area contributed by atoms with Crippen LogP contribution >= 0.6 is 0 Å². The zero-order valence-electron chi connectivity index (χ0n) is 15.2. The van der Waals surface area contributed by atoms with Crippen molar-refractivity contribution in [2.24, 2.45) is 0 Å². The molecule has 1 saturated heterocycles. The number of aliphatic hydroxyl groups excluding tert-OH is 1. The molecule has 7 nitrogen and oxygen atoms in total. The molecule has 3 rings (SSSR count). The summed E-state index contributed by atoms with van der Waals surface area (Å²) in [6, 6.07) is 16.3. The molecule has 0 aliphatic carbocycles. The molecule has 0 spiro atoms. The largest absolute Gasteiger partial charge is 0.390 e. The standard InChI is InChI=1S/C20H22N2O5S/c23-18-14-28(26,27)13-17(18)22(20(25)16-9-5-2-6-10-16)12-11-21-19(24)15-7-3-1-4-8-15/h1-10,17-18,23H,11-14H2,(H,21,24). The van der Waals surface area contributed by atoms with E-state index in [1.807, 2.05) is 0 Å². The summed E-state index contributed by atoms with van der Waals surface area (Å²) in [6.45, 7) is 0.221. The van der Waals surface area contributed by atoms with Crippen LogP contribution in [0.5, 0.6) is 0 Å². The van der Waals surface area contributed by atoms with Crippen LogP contribution in [0.15, 0.2) is 60.7 Å². The normalized spacial score (nSPS) is 20.5. The molecular weight excluding hydrogens is 380 g/mol. The zero-order valence-corrected chi connectivity index (χ0v) is 16.0. The average Bonchev–Trinajstić information content (AvgIpc) is 2.98. The molecule has 2 atom stereocenters. The lowest BCUT2D eigenvalue weighted by Gasteiger charge is -2.30. The van der Waals surface area contributed by atoms with Crippen molar-refractivity contribution in [1.29, 1.82) is 0 Å². The monoisotopic (exact) mass is 402 g/mol.